The number of carbonyl (C=O) groups excluding carboxylic acids is 4. The Morgan fingerprint density at radius 3 is 1.29 bits per heavy atom. The van der Waals surface area contributed by atoms with E-state index in [-0.39, 0.29) is 36.2 Å². The van der Waals surface area contributed by atoms with E-state index in [2.05, 4.69) is 10.6 Å². The minimum atomic E-state index is -0.212. The summed E-state index contributed by atoms with van der Waals surface area (Å²) in [4.78, 5) is 43.7. The third-order valence-electron chi connectivity index (χ3n) is 2.82. The molecule has 21 heavy (non-hydrogen) atoms. The SMILES string of the molecule is CC(=O)CC(=O)NCCCCCCCNC(=O)CC(C)=O. The van der Waals surface area contributed by atoms with Gasteiger partial charge in [-0.3, -0.25) is 19.2 Å². The lowest BCUT2D eigenvalue weighted by molar-refractivity contribution is -0.128. The molecule has 0 unspecified atom stereocenters. The Labute approximate surface area is 126 Å². The number of hydrogen-bond donors (Lipinski definition) is 2. The van der Waals surface area contributed by atoms with Crippen molar-refractivity contribution in [3.63, 3.8) is 0 Å². The first-order valence-corrected chi connectivity index (χ1v) is 7.44. The lowest BCUT2D eigenvalue weighted by Crippen LogP contribution is -2.26. The first kappa shape index (κ1) is 19.3. The highest BCUT2D eigenvalue weighted by atomic mass is 16.2. The lowest BCUT2D eigenvalue weighted by atomic mass is 10.1. The molecule has 0 aromatic carbocycles. The highest BCUT2D eigenvalue weighted by molar-refractivity contribution is 5.97. The summed E-state index contributed by atoms with van der Waals surface area (Å²) < 4.78 is 0. The monoisotopic (exact) mass is 298 g/mol. The molecule has 0 aromatic rings. The van der Waals surface area contributed by atoms with Crippen LogP contribution in [0.5, 0.6) is 0 Å². The smallest absolute Gasteiger partial charge is 0.227 e. The largest absolute Gasteiger partial charge is 0.356 e. The fraction of sp³-hybridized carbons (Fsp3) is 0.733. The molecule has 2 N–H and O–H groups in total. The Morgan fingerprint density at radius 2 is 0.952 bits per heavy atom. The van der Waals surface area contributed by atoms with Crippen LogP contribution in [0, 0.1) is 0 Å². The summed E-state index contributed by atoms with van der Waals surface area (Å²) in [6, 6.07) is 0. The predicted octanol–water partition coefficient (Wildman–Crippen LogP) is 1.13. The van der Waals surface area contributed by atoms with Crippen molar-refractivity contribution in [3.8, 4) is 0 Å². The minimum absolute atomic E-state index is 0.0417. The number of rotatable bonds is 12. The number of carbonyl (C=O) groups is 4. The van der Waals surface area contributed by atoms with E-state index < -0.39 is 0 Å². The van der Waals surface area contributed by atoms with Crippen molar-refractivity contribution in [2.24, 2.45) is 0 Å². The second kappa shape index (κ2) is 12.1. The van der Waals surface area contributed by atoms with Gasteiger partial charge < -0.3 is 10.6 Å². The summed E-state index contributed by atoms with van der Waals surface area (Å²) in [5, 5.41) is 5.40. The molecule has 0 rings (SSSR count). The quantitative estimate of drug-likeness (QED) is 0.417. The van der Waals surface area contributed by atoms with Crippen LogP contribution in [0.3, 0.4) is 0 Å². The van der Waals surface area contributed by atoms with Crippen LogP contribution in [0.15, 0.2) is 0 Å². The van der Waals surface area contributed by atoms with E-state index in [4.69, 9.17) is 0 Å². The zero-order chi connectivity index (χ0) is 16.1. The van der Waals surface area contributed by atoms with Gasteiger partial charge in [0.25, 0.3) is 0 Å². The maximum atomic E-state index is 11.2. The molecule has 0 fully saturated rings. The Bertz CT molecular complexity index is 333. The molecule has 0 atom stereocenters. The molecule has 0 aliphatic carbocycles. The van der Waals surface area contributed by atoms with Crippen molar-refractivity contribution in [3.05, 3.63) is 0 Å². The topological polar surface area (TPSA) is 92.3 Å². The predicted molar refractivity (Wildman–Crippen MR) is 79.7 cm³/mol. The molecule has 6 heteroatoms. The number of amides is 2. The van der Waals surface area contributed by atoms with Crippen molar-refractivity contribution in [1.82, 2.24) is 10.6 Å². The summed E-state index contributed by atoms with van der Waals surface area (Å²) in [5.41, 5.74) is 0. The zero-order valence-corrected chi connectivity index (χ0v) is 13.0. The highest BCUT2D eigenvalue weighted by Gasteiger charge is 2.04. The molecular formula is C15H26N2O4. The number of nitrogens with one attached hydrogen (secondary N) is 2. The van der Waals surface area contributed by atoms with E-state index in [1.54, 1.807) is 0 Å². The number of unbranched alkanes of at least 4 members (excludes halogenated alkanes) is 4. The van der Waals surface area contributed by atoms with Crippen molar-refractivity contribution in [1.29, 1.82) is 0 Å². The van der Waals surface area contributed by atoms with Gasteiger partial charge in [-0.2, -0.15) is 0 Å². The second-order valence-corrected chi connectivity index (χ2v) is 5.23. The average Bonchev–Trinajstić information content (AvgIpc) is 2.34. The molecule has 120 valence electrons. The summed E-state index contributed by atoms with van der Waals surface area (Å²) in [6.45, 7) is 3.99. The van der Waals surface area contributed by atoms with Gasteiger partial charge >= 0.3 is 0 Å². The Hall–Kier alpha value is -1.72. The van der Waals surface area contributed by atoms with E-state index in [0.717, 1.165) is 32.1 Å². The molecule has 0 aliphatic heterocycles. The van der Waals surface area contributed by atoms with Crippen molar-refractivity contribution in [2.45, 2.75) is 58.8 Å². The van der Waals surface area contributed by atoms with Crippen molar-refractivity contribution < 1.29 is 19.2 Å². The number of hydrogen-bond acceptors (Lipinski definition) is 4. The van der Waals surface area contributed by atoms with E-state index in [0.29, 0.717) is 13.1 Å². The Balaban J connectivity index is 3.30. The Morgan fingerprint density at radius 1 is 0.619 bits per heavy atom. The fourth-order valence-corrected chi connectivity index (χ4v) is 1.81. The Kier molecular flexibility index (Phi) is 11.1. The maximum absolute atomic E-state index is 11.2. The van der Waals surface area contributed by atoms with Gasteiger partial charge in [0.15, 0.2) is 0 Å². The summed E-state index contributed by atoms with van der Waals surface area (Å²) >= 11 is 0. The summed E-state index contributed by atoms with van der Waals surface area (Å²) in [5.74, 6) is -0.676. The third kappa shape index (κ3) is 14.5. The van der Waals surface area contributed by atoms with Gasteiger partial charge in [-0.25, -0.2) is 0 Å². The molecule has 2 amide bonds. The van der Waals surface area contributed by atoms with Crippen LogP contribution < -0.4 is 10.6 Å². The fourth-order valence-electron chi connectivity index (χ4n) is 1.81. The first-order chi connectivity index (χ1) is 9.91. The molecule has 0 radical (unpaired) electrons. The molecule has 0 spiro atoms. The maximum Gasteiger partial charge on any atom is 0.227 e. The highest BCUT2D eigenvalue weighted by Crippen LogP contribution is 2.01. The lowest BCUT2D eigenvalue weighted by Gasteiger charge is -2.05. The van der Waals surface area contributed by atoms with Gasteiger partial charge in [0.2, 0.25) is 11.8 Å². The molecule has 0 aliphatic rings. The molecule has 0 bridgehead atoms. The zero-order valence-electron chi connectivity index (χ0n) is 13.0. The van der Waals surface area contributed by atoms with Crippen molar-refractivity contribution in [2.75, 3.05) is 13.1 Å². The first-order valence-electron chi connectivity index (χ1n) is 7.44. The van der Waals surface area contributed by atoms with Crippen LogP contribution >= 0.6 is 0 Å². The van der Waals surface area contributed by atoms with Gasteiger partial charge in [0.05, 0.1) is 12.8 Å². The normalized spacial score (nSPS) is 10.0. The van der Waals surface area contributed by atoms with Crippen molar-refractivity contribution >= 4 is 23.4 Å². The molecule has 0 saturated heterocycles. The molecule has 0 saturated carbocycles. The van der Waals surface area contributed by atoms with Crippen LogP contribution in [0.4, 0.5) is 0 Å². The average molecular weight is 298 g/mol. The van der Waals surface area contributed by atoms with Gasteiger partial charge in [-0.05, 0) is 26.7 Å². The molecule has 0 heterocycles. The molecular weight excluding hydrogens is 272 g/mol. The van der Waals surface area contributed by atoms with Crippen LogP contribution in [-0.4, -0.2) is 36.5 Å². The second-order valence-electron chi connectivity index (χ2n) is 5.23. The standard InChI is InChI=1S/C15H26N2O4/c1-12(18)10-14(20)16-8-6-4-3-5-7-9-17-15(21)11-13(2)19/h3-11H2,1-2H3,(H,16,20)(H,17,21). The molecule has 6 nitrogen and oxygen atoms in total. The van der Waals surface area contributed by atoms with Crippen LogP contribution in [0.25, 0.3) is 0 Å². The third-order valence-corrected chi connectivity index (χ3v) is 2.82. The molecule has 0 aromatic heterocycles. The summed E-state index contributed by atoms with van der Waals surface area (Å²) in [7, 11) is 0. The van der Waals surface area contributed by atoms with E-state index in [1.807, 2.05) is 0 Å². The van der Waals surface area contributed by atoms with Crippen LogP contribution in [0.2, 0.25) is 0 Å². The van der Waals surface area contributed by atoms with Crippen LogP contribution in [0.1, 0.15) is 58.8 Å². The van der Waals surface area contributed by atoms with Gasteiger partial charge in [0.1, 0.15) is 11.6 Å². The van der Waals surface area contributed by atoms with Crippen LogP contribution in [-0.2, 0) is 19.2 Å². The van der Waals surface area contributed by atoms with E-state index in [9.17, 15) is 19.2 Å². The van der Waals surface area contributed by atoms with E-state index >= 15 is 0 Å². The van der Waals surface area contributed by atoms with Gasteiger partial charge in [-0.15, -0.1) is 0 Å². The minimum Gasteiger partial charge on any atom is -0.356 e. The number of Topliss-reactive ketones (excluding diaryl/α,β-unsaturated/α-hetero) is 2. The van der Waals surface area contributed by atoms with E-state index in [1.165, 1.54) is 13.8 Å². The van der Waals surface area contributed by atoms with Gasteiger partial charge in [-0.1, -0.05) is 19.3 Å². The number of ketones is 2. The summed E-state index contributed by atoms with van der Waals surface area (Å²) in [6.07, 6.45) is 4.73. The van der Waals surface area contributed by atoms with Gasteiger partial charge in [0, 0.05) is 13.1 Å².